The van der Waals surface area contributed by atoms with Gasteiger partial charge < -0.3 is 9.97 Å². The van der Waals surface area contributed by atoms with Crippen LogP contribution < -0.4 is 11.1 Å². The van der Waals surface area contributed by atoms with Crippen LogP contribution in [-0.4, -0.2) is 9.97 Å². The number of hydrogen-bond acceptors (Lipinski definition) is 2. The van der Waals surface area contributed by atoms with Crippen molar-refractivity contribution >= 4 is 21.8 Å². The van der Waals surface area contributed by atoms with E-state index in [1.165, 1.54) is 0 Å². The van der Waals surface area contributed by atoms with Gasteiger partial charge in [-0.2, -0.15) is 0 Å². The highest BCUT2D eigenvalue weighted by molar-refractivity contribution is 5.83. The van der Waals surface area contributed by atoms with Crippen LogP contribution in [0.2, 0.25) is 0 Å². The first-order chi connectivity index (χ1) is 16.2. The number of pyridine rings is 2. The first kappa shape index (κ1) is 28.9. The lowest BCUT2D eigenvalue weighted by Gasteiger charge is -2.10. The predicted molar refractivity (Wildman–Crippen MR) is 149 cm³/mol. The molecule has 0 saturated carbocycles. The van der Waals surface area contributed by atoms with Gasteiger partial charge in [0, 0.05) is 32.9 Å². The lowest BCUT2D eigenvalue weighted by atomic mass is 9.97. The van der Waals surface area contributed by atoms with E-state index in [1.807, 2.05) is 118 Å². The zero-order valence-electron chi connectivity index (χ0n) is 22.6. The molecule has 184 valence electrons. The van der Waals surface area contributed by atoms with Gasteiger partial charge in [-0.25, -0.2) is 0 Å². The van der Waals surface area contributed by atoms with Gasteiger partial charge in [-0.15, -0.1) is 0 Å². The minimum atomic E-state index is 0.0428. The molecule has 0 aliphatic carbocycles. The number of aryl methyl sites for hydroxylation is 2. The van der Waals surface area contributed by atoms with Crippen molar-refractivity contribution in [3.05, 3.63) is 91.5 Å². The van der Waals surface area contributed by atoms with Gasteiger partial charge in [0.2, 0.25) is 0 Å². The molecule has 2 N–H and O–H groups in total. The molecular weight excluding hydrogens is 420 g/mol. The summed E-state index contributed by atoms with van der Waals surface area (Å²) in [6, 6.07) is 15.8. The van der Waals surface area contributed by atoms with E-state index in [0.717, 1.165) is 44.1 Å². The quantitative estimate of drug-likeness (QED) is 0.317. The Morgan fingerprint density at radius 3 is 1.15 bits per heavy atom. The molecule has 34 heavy (non-hydrogen) atoms. The van der Waals surface area contributed by atoms with Crippen LogP contribution in [0, 0.1) is 13.8 Å². The molecule has 4 aromatic rings. The Hall–Kier alpha value is -3.14. The molecule has 0 saturated heterocycles. The van der Waals surface area contributed by atoms with Crippen molar-refractivity contribution in [3.8, 4) is 0 Å². The summed E-state index contributed by atoms with van der Waals surface area (Å²) in [6.45, 7) is 20.2. The van der Waals surface area contributed by atoms with Gasteiger partial charge in [-0.1, -0.05) is 91.8 Å². The molecule has 0 unspecified atom stereocenters. The standard InChI is InChI=1S/2C13H15NO.2C2H6/c2*1-8(2)12-9(3)10-6-4-5-7-11(10)14-13(12)15;2*1-2/h2*4-8H,1-3H3,(H,14,15);2*1-2H3. The summed E-state index contributed by atoms with van der Waals surface area (Å²) in [5.74, 6) is 0.525. The monoisotopic (exact) mass is 462 g/mol. The average molecular weight is 463 g/mol. The van der Waals surface area contributed by atoms with Crippen LogP contribution in [0.1, 0.15) is 89.5 Å². The molecule has 0 radical (unpaired) electrons. The zero-order valence-corrected chi connectivity index (χ0v) is 22.6. The molecule has 2 aromatic carbocycles. The summed E-state index contributed by atoms with van der Waals surface area (Å²) in [4.78, 5) is 29.5. The molecule has 0 aliphatic rings. The van der Waals surface area contributed by atoms with Gasteiger partial charge in [-0.3, -0.25) is 9.59 Å². The number of aromatic amines is 2. The van der Waals surface area contributed by atoms with Crippen LogP contribution in [0.5, 0.6) is 0 Å². The Morgan fingerprint density at radius 2 is 0.853 bits per heavy atom. The number of nitrogens with one attached hydrogen (secondary N) is 2. The Morgan fingerprint density at radius 1 is 0.559 bits per heavy atom. The lowest BCUT2D eigenvalue weighted by Crippen LogP contribution is -2.16. The SMILES string of the molecule is CC.CC.Cc1c(C(C)C)c(=O)[nH]c2ccccc12.Cc1c(C(C)C)c(=O)[nH]c2ccccc12. The van der Waals surface area contributed by atoms with E-state index in [9.17, 15) is 9.59 Å². The van der Waals surface area contributed by atoms with Gasteiger partial charge in [0.1, 0.15) is 0 Å². The largest absolute Gasteiger partial charge is 0.322 e. The van der Waals surface area contributed by atoms with E-state index in [1.54, 1.807) is 0 Å². The minimum Gasteiger partial charge on any atom is -0.322 e. The second-order valence-corrected chi connectivity index (χ2v) is 8.39. The molecular formula is C30H42N2O2. The zero-order chi connectivity index (χ0) is 26.0. The van der Waals surface area contributed by atoms with Crippen LogP contribution in [0.4, 0.5) is 0 Å². The van der Waals surface area contributed by atoms with Crippen molar-refractivity contribution in [2.75, 3.05) is 0 Å². The summed E-state index contributed by atoms with van der Waals surface area (Å²) in [5.41, 5.74) is 5.92. The molecule has 4 rings (SSSR count). The maximum absolute atomic E-state index is 11.8. The van der Waals surface area contributed by atoms with Crippen molar-refractivity contribution in [3.63, 3.8) is 0 Å². The second-order valence-electron chi connectivity index (χ2n) is 8.39. The van der Waals surface area contributed by atoms with Crippen LogP contribution in [0.25, 0.3) is 21.8 Å². The Labute approximate surface area is 204 Å². The van der Waals surface area contributed by atoms with E-state index in [2.05, 4.69) is 9.97 Å². The highest BCUT2D eigenvalue weighted by atomic mass is 16.1. The maximum Gasteiger partial charge on any atom is 0.252 e. The fourth-order valence-corrected chi connectivity index (χ4v) is 4.24. The van der Waals surface area contributed by atoms with Crippen LogP contribution in [-0.2, 0) is 0 Å². The number of benzene rings is 2. The number of aromatic nitrogens is 2. The molecule has 4 heteroatoms. The number of para-hydroxylation sites is 2. The molecule has 0 spiro atoms. The molecule has 0 atom stereocenters. The number of rotatable bonds is 2. The van der Waals surface area contributed by atoms with E-state index in [0.29, 0.717) is 0 Å². The average Bonchev–Trinajstić information content (AvgIpc) is 2.82. The Kier molecular flexibility index (Phi) is 11.5. The molecule has 0 amide bonds. The van der Waals surface area contributed by atoms with Crippen LogP contribution >= 0.6 is 0 Å². The van der Waals surface area contributed by atoms with Crippen molar-refractivity contribution < 1.29 is 0 Å². The Bertz CT molecular complexity index is 1210. The van der Waals surface area contributed by atoms with Crippen LogP contribution in [0.15, 0.2) is 58.1 Å². The first-order valence-electron chi connectivity index (χ1n) is 12.4. The highest BCUT2D eigenvalue weighted by Crippen LogP contribution is 2.22. The topological polar surface area (TPSA) is 65.7 Å². The van der Waals surface area contributed by atoms with Crippen LogP contribution in [0.3, 0.4) is 0 Å². The molecule has 2 aromatic heterocycles. The third-order valence-corrected chi connectivity index (χ3v) is 5.61. The molecule has 0 bridgehead atoms. The molecule has 2 heterocycles. The van der Waals surface area contributed by atoms with E-state index < -0.39 is 0 Å². The van der Waals surface area contributed by atoms with Gasteiger partial charge in [0.25, 0.3) is 11.1 Å². The van der Waals surface area contributed by atoms with Gasteiger partial charge in [0.15, 0.2) is 0 Å². The van der Waals surface area contributed by atoms with Crippen molar-refractivity contribution in [2.24, 2.45) is 0 Å². The van der Waals surface area contributed by atoms with Crippen molar-refractivity contribution in [1.82, 2.24) is 9.97 Å². The number of hydrogen-bond donors (Lipinski definition) is 2. The molecule has 4 nitrogen and oxygen atoms in total. The Balaban J connectivity index is 0.000000297. The predicted octanol–water partition coefficient (Wildman–Crippen LogP) is 7.97. The van der Waals surface area contributed by atoms with Gasteiger partial charge in [0.05, 0.1) is 0 Å². The second kappa shape index (κ2) is 13.5. The molecule has 0 aliphatic heterocycles. The summed E-state index contributed by atoms with van der Waals surface area (Å²) in [7, 11) is 0. The fraction of sp³-hybridized carbons (Fsp3) is 0.400. The summed E-state index contributed by atoms with van der Waals surface area (Å²) >= 11 is 0. The summed E-state index contributed by atoms with van der Waals surface area (Å²) in [6.07, 6.45) is 0. The maximum atomic E-state index is 11.8. The summed E-state index contributed by atoms with van der Waals surface area (Å²) < 4.78 is 0. The fourth-order valence-electron chi connectivity index (χ4n) is 4.24. The third kappa shape index (κ3) is 6.47. The first-order valence-corrected chi connectivity index (χ1v) is 12.4. The number of H-pyrrole nitrogens is 2. The van der Waals surface area contributed by atoms with E-state index in [-0.39, 0.29) is 23.0 Å². The highest BCUT2D eigenvalue weighted by Gasteiger charge is 2.12. The normalized spacial score (nSPS) is 10.2. The van der Waals surface area contributed by atoms with Crippen molar-refractivity contribution in [1.29, 1.82) is 0 Å². The van der Waals surface area contributed by atoms with Crippen molar-refractivity contribution in [2.45, 2.75) is 81.1 Å². The van der Waals surface area contributed by atoms with E-state index >= 15 is 0 Å². The lowest BCUT2D eigenvalue weighted by molar-refractivity contribution is 0.839. The van der Waals surface area contributed by atoms with Gasteiger partial charge >= 0.3 is 0 Å². The van der Waals surface area contributed by atoms with E-state index in [4.69, 9.17) is 0 Å². The smallest absolute Gasteiger partial charge is 0.252 e. The number of fused-ring (bicyclic) bond motifs is 2. The minimum absolute atomic E-state index is 0.0428. The third-order valence-electron chi connectivity index (χ3n) is 5.61. The molecule has 0 fully saturated rings. The summed E-state index contributed by atoms with van der Waals surface area (Å²) in [5, 5.41) is 2.28. The van der Waals surface area contributed by atoms with Gasteiger partial charge in [-0.05, 0) is 48.9 Å².